The molecule has 1 N–H and O–H groups in total. The summed E-state index contributed by atoms with van der Waals surface area (Å²) in [5, 5.41) is 3.20. The van der Waals surface area contributed by atoms with Crippen LogP contribution in [0.4, 0.5) is 13.2 Å². The Bertz CT molecular complexity index is 398. The zero-order valence-electron chi connectivity index (χ0n) is 9.77. The van der Waals surface area contributed by atoms with Gasteiger partial charge in [0.15, 0.2) is 0 Å². The third-order valence-electron chi connectivity index (χ3n) is 3.47. The molecule has 1 aliphatic carbocycles. The summed E-state index contributed by atoms with van der Waals surface area (Å²) in [4.78, 5) is 0. The second-order valence-corrected chi connectivity index (χ2v) is 4.54. The van der Waals surface area contributed by atoms with Gasteiger partial charge >= 0.3 is 6.18 Å². The summed E-state index contributed by atoms with van der Waals surface area (Å²) in [6.45, 7) is 0. The summed E-state index contributed by atoms with van der Waals surface area (Å²) in [6.07, 6.45) is -0.743. The Kier molecular flexibility index (Phi) is 3.43. The summed E-state index contributed by atoms with van der Waals surface area (Å²) in [6, 6.07) is 4.55. The van der Waals surface area contributed by atoms with Gasteiger partial charge in [-0.1, -0.05) is 6.07 Å². The van der Waals surface area contributed by atoms with Gasteiger partial charge in [0.05, 0.1) is 5.56 Å². The molecule has 0 radical (unpaired) electrons. The van der Waals surface area contributed by atoms with E-state index in [1.54, 1.807) is 6.07 Å². The first-order chi connectivity index (χ1) is 8.00. The van der Waals surface area contributed by atoms with E-state index >= 15 is 0 Å². The van der Waals surface area contributed by atoms with Crippen molar-refractivity contribution in [3.8, 4) is 0 Å². The van der Waals surface area contributed by atoms with Crippen LogP contribution in [0.3, 0.4) is 0 Å². The number of halogens is 3. The Hall–Kier alpha value is -1.03. The minimum atomic E-state index is -4.23. The fourth-order valence-electron chi connectivity index (χ4n) is 2.37. The highest BCUT2D eigenvalue weighted by Crippen LogP contribution is 2.32. The highest BCUT2D eigenvalue weighted by molar-refractivity contribution is 5.34. The summed E-state index contributed by atoms with van der Waals surface area (Å²) < 4.78 is 37.8. The van der Waals surface area contributed by atoms with Crippen molar-refractivity contribution in [3.05, 3.63) is 34.9 Å². The number of alkyl halides is 3. The predicted octanol–water partition coefficient (Wildman–Crippen LogP) is 3.17. The van der Waals surface area contributed by atoms with Crippen molar-refractivity contribution in [2.45, 2.75) is 37.9 Å². The van der Waals surface area contributed by atoms with Crippen molar-refractivity contribution < 1.29 is 13.2 Å². The van der Waals surface area contributed by atoms with Gasteiger partial charge in [0.2, 0.25) is 0 Å². The quantitative estimate of drug-likeness (QED) is 0.747. The average molecular weight is 243 g/mol. The minimum absolute atomic E-state index is 0.414. The predicted molar refractivity (Wildman–Crippen MR) is 60.9 cm³/mol. The molecule has 0 amide bonds. The summed E-state index contributed by atoms with van der Waals surface area (Å²) in [5.74, 6) is 0. The largest absolute Gasteiger partial charge is 0.416 e. The van der Waals surface area contributed by atoms with Gasteiger partial charge < -0.3 is 5.32 Å². The maximum atomic E-state index is 12.6. The monoisotopic (exact) mass is 243 g/mol. The van der Waals surface area contributed by atoms with Crippen molar-refractivity contribution in [3.63, 3.8) is 0 Å². The molecule has 0 saturated carbocycles. The molecule has 4 heteroatoms. The van der Waals surface area contributed by atoms with E-state index < -0.39 is 11.7 Å². The number of aryl methyl sites for hydroxylation is 2. The van der Waals surface area contributed by atoms with Crippen LogP contribution in [0.15, 0.2) is 18.2 Å². The van der Waals surface area contributed by atoms with E-state index in [-0.39, 0.29) is 0 Å². The smallest absolute Gasteiger partial charge is 0.317 e. The van der Waals surface area contributed by atoms with E-state index in [1.165, 1.54) is 12.1 Å². The van der Waals surface area contributed by atoms with E-state index in [4.69, 9.17) is 0 Å². The van der Waals surface area contributed by atoms with Crippen molar-refractivity contribution in [1.82, 2.24) is 5.32 Å². The third-order valence-corrected chi connectivity index (χ3v) is 3.47. The van der Waals surface area contributed by atoms with Gasteiger partial charge in [0, 0.05) is 6.04 Å². The lowest BCUT2D eigenvalue weighted by atomic mass is 10.00. The molecular formula is C13H16F3N. The number of nitrogens with one attached hydrogen (secondary N) is 1. The molecule has 0 saturated heterocycles. The highest BCUT2D eigenvalue weighted by atomic mass is 19.4. The first kappa shape index (κ1) is 12.4. The van der Waals surface area contributed by atoms with E-state index in [9.17, 15) is 13.2 Å². The van der Waals surface area contributed by atoms with E-state index in [1.807, 2.05) is 7.05 Å². The molecule has 17 heavy (non-hydrogen) atoms. The molecule has 1 aromatic carbocycles. The van der Waals surface area contributed by atoms with Crippen molar-refractivity contribution in [2.24, 2.45) is 0 Å². The second kappa shape index (κ2) is 4.69. The molecular weight excluding hydrogens is 227 g/mol. The molecule has 0 fully saturated rings. The molecule has 1 atom stereocenters. The molecule has 1 nitrogen and oxygen atoms in total. The number of hydrogen-bond acceptors (Lipinski definition) is 1. The van der Waals surface area contributed by atoms with Crippen LogP contribution >= 0.6 is 0 Å². The van der Waals surface area contributed by atoms with Crippen LogP contribution in [0.25, 0.3) is 0 Å². The Morgan fingerprint density at radius 1 is 1.12 bits per heavy atom. The van der Waals surface area contributed by atoms with Gasteiger partial charge in [-0.25, -0.2) is 0 Å². The Morgan fingerprint density at radius 2 is 1.76 bits per heavy atom. The molecule has 1 aliphatic rings. The second-order valence-electron chi connectivity index (χ2n) is 4.54. The first-order valence-electron chi connectivity index (χ1n) is 5.87. The van der Waals surface area contributed by atoms with Gasteiger partial charge in [-0.05, 0) is 56.0 Å². The van der Waals surface area contributed by atoms with Crippen molar-refractivity contribution in [2.75, 3.05) is 7.05 Å². The standard InChI is InChI=1S/C13H16F3N/c1-17-12-6-3-9-2-5-11(13(14,15)16)8-10(9)4-7-12/h2,5,8,12,17H,3-4,6-7H2,1H3. The Morgan fingerprint density at radius 3 is 2.35 bits per heavy atom. The van der Waals surface area contributed by atoms with Gasteiger partial charge in [-0.2, -0.15) is 13.2 Å². The lowest BCUT2D eigenvalue weighted by Gasteiger charge is -2.11. The highest BCUT2D eigenvalue weighted by Gasteiger charge is 2.31. The SMILES string of the molecule is CNC1CCc2ccc(C(F)(F)F)cc2CC1. The number of rotatable bonds is 1. The molecule has 0 heterocycles. The maximum Gasteiger partial charge on any atom is 0.416 e. The van der Waals surface area contributed by atoms with Gasteiger partial charge in [0.1, 0.15) is 0 Å². The van der Waals surface area contributed by atoms with E-state index in [0.29, 0.717) is 6.04 Å². The van der Waals surface area contributed by atoms with Crippen molar-refractivity contribution in [1.29, 1.82) is 0 Å². The number of hydrogen-bond donors (Lipinski definition) is 1. The fourth-order valence-corrected chi connectivity index (χ4v) is 2.37. The fraction of sp³-hybridized carbons (Fsp3) is 0.538. The summed E-state index contributed by atoms with van der Waals surface area (Å²) in [5.41, 5.74) is 1.40. The molecule has 0 aliphatic heterocycles. The van der Waals surface area contributed by atoms with Gasteiger partial charge in [-0.3, -0.25) is 0 Å². The normalized spacial score (nSPS) is 20.8. The molecule has 94 valence electrons. The molecule has 0 aromatic heterocycles. The first-order valence-corrected chi connectivity index (χ1v) is 5.87. The lowest BCUT2D eigenvalue weighted by molar-refractivity contribution is -0.137. The van der Waals surface area contributed by atoms with Gasteiger partial charge in [0.25, 0.3) is 0 Å². The molecule has 1 unspecified atom stereocenters. The van der Waals surface area contributed by atoms with Crippen LogP contribution < -0.4 is 5.32 Å². The number of fused-ring (bicyclic) bond motifs is 1. The third kappa shape index (κ3) is 2.80. The van der Waals surface area contributed by atoms with Crippen LogP contribution in [-0.2, 0) is 19.0 Å². The molecule has 1 aromatic rings. The molecule has 0 bridgehead atoms. The summed E-state index contributed by atoms with van der Waals surface area (Å²) >= 11 is 0. The van der Waals surface area contributed by atoms with Crippen LogP contribution in [0, 0.1) is 0 Å². The van der Waals surface area contributed by atoms with Crippen LogP contribution in [0.1, 0.15) is 29.5 Å². The van der Waals surface area contributed by atoms with Crippen molar-refractivity contribution >= 4 is 0 Å². The van der Waals surface area contributed by atoms with Gasteiger partial charge in [-0.15, -0.1) is 0 Å². The van der Waals surface area contributed by atoms with Crippen LogP contribution in [0.2, 0.25) is 0 Å². The van der Waals surface area contributed by atoms with E-state index in [0.717, 1.165) is 36.8 Å². The lowest BCUT2D eigenvalue weighted by Crippen LogP contribution is -2.24. The topological polar surface area (TPSA) is 12.0 Å². The number of benzene rings is 1. The van der Waals surface area contributed by atoms with Crippen LogP contribution in [0.5, 0.6) is 0 Å². The van der Waals surface area contributed by atoms with Crippen LogP contribution in [-0.4, -0.2) is 13.1 Å². The molecule has 0 spiro atoms. The Balaban J connectivity index is 2.26. The van der Waals surface area contributed by atoms with E-state index in [2.05, 4.69) is 5.32 Å². The zero-order chi connectivity index (χ0) is 12.5. The Labute approximate surface area is 99.0 Å². The maximum absolute atomic E-state index is 12.6. The minimum Gasteiger partial charge on any atom is -0.317 e. The average Bonchev–Trinajstić information content (AvgIpc) is 2.48. The zero-order valence-corrected chi connectivity index (χ0v) is 9.77. The molecule has 2 rings (SSSR count). The summed E-state index contributed by atoms with van der Waals surface area (Å²) in [7, 11) is 1.90.